The summed E-state index contributed by atoms with van der Waals surface area (Å²) in [5.74, 6) is -1.72. The Balaban J connectivity index is 2.62. The zero-order chi connectivity index (χ0) is 17.9. The highest BCUT2D eigenvalue weighted by Crippen LogP contribution is 2.32. The van der Waals surface area contributed by atoms with Crippen LogP contribution >= 0.6 is 0 Å². The van der Waals surface area contributed by atoms with Gasteiger partial charge in [0.1, 0.15) is 11.6 Å². The monoisotopic (exact) mass is 351 g/mol. The van der Waals surface area contributed by atoms with E-state index in [9.17, 15) is 22.0 Å². The van der Waals surface area contributed by atoms with E-state index in [1.54, 1.807) is 6.07 Å². The fraction of sp³-hybridized carbons (Fsp3) is 0.118. The summed E-state index contributed by atoms with van der Waals surface area (Å²) in [4.78, 5) is 11.0. The molecule has 4 nitrogen and oxygen atoms in total. The SMILES string of the molecule is CC(=O)/C=C\c1ccc(NS(C)(=O)=O)c(-c2ccc(F)cc2F)c1. The van der Waals surface area contributed by atoms with Gasteiger partial charge in [-0.3, -0.25) is 9.52 Å². The maximum Gasteiger partial charge on any atom is 0.229 e. The Morgan fingerprint density at radius 2 is 1.79 bits per heavy atom. The minimum absolute atomic E-state index is 0.0422. The van der Waals surface area contributed by atoms with E-state index in [0.717, 1.165) is 18.4 Å². The molecule has 0 aromatic heterocycles. The molecule has 0 radical (unpaired) electrons. The molecule has 1 N–H and O–H groups in total. The van der Waals surface area contributed by atoms with Crippen molar-refractivity contribution in [3.05, 3.63) is 59.7 Å². The number of rotatable bonds is 5. The minimum Gasteiger partial charge on any atom is -0.295 e. The van der Waals surface area contributed by atoms with Crippen LogP contribution in [0.5, 0.6) is 0 Å². The first-order chi connectivity index (χ1) is 11.2. The molecule has 0 saturated heterocycles. The van der Waals surface area contributed by atoms with Gasteiger partial charge in [0.25, 0.3) is 0 Å². The Kier molecular flexibility index (Phi) is 5.14. The van der Waals surface area contributed by atoms with E-state index in [4.69, 9.17) is 0 Å². The predicted octanol–water partition coefficient (Wildman–Crippen LogP) is 3.61. The van der Waals surface area contributed by atoms with Crippen LogP contribution in [0.25, 0.3) is 17.2 Å². The Morgan fingerprint density at radius 1 is 1.08 bits per heavy atom. The molecule has 0 aliphatic rings. The molecule has 2 rings (SSSR count). The van der Waals surface area contributed by atoms with E-state index < -0.39 is 21.7 Å². The number of ketones is 1. The van der Waals surface area contributed by atoms with Crippen molar-refractivity contribution in [3.63, 3.8) is 0 Å². The maximum atomic E-state index is 14.1. The summed E-state index contributed by atoms with van der Waals surface area (Å²) in [5.41, 5.74) is 1.01. The van der Waals surface area contributed by atoms with Gasteiger partial charge in [-0.05, 0) is 42.8 Å². The van der Waals surface area contributed by atoms with E-state index >= 15 is 0 Å². The van der Waals surface area contributed by atoms with Gasteiger partial charge in [0, 0.05) is 17.2 Å². The summed E-state index contributed by atoms with van der Waals surface area (Å²) in [6.07, 6.45) is 3.84. The van der Waals surface area contributed by atoms with E-state index in [1.807, 2.05) is 0 Å². The zero-order valence-corrected chi connectivity index (χ0v) is 13.8. The normalized spacial score (nSPS) is 11.7. The van der Waals surface area contributed by atoms with Gasteiger partial charge in [-0.25, -0.2) is 17.2 Å². The molecule has 0 atom stereocenters. The van der Waals surface area contributed by atoms with Gasteiger partial charge in [-0.1, -0.05) is 12.1 Å². The topological polar surface area (TPSA) is 63.2 Å². The summed E-state index contributed by atoms with van der Waals surface area (Å²) in [6, 6.07) is 7.59. The summed E-state index contributed by atoms with van der Waals surface area (Å²) in [5, 5.41) is 0. The number of allylic oxidation sites excluding steroid dienone is 1. The molecule has 0 amide bonds. The van der Waals surface area contributed by atoms with Crippen LogP contribution < -0.4 is 4.72 Å². The lowest BCUT2D eigenvalue weighted by Crippen LogP contribution is -2.10. The second-order valence-electron chi connectivity index (χ2n) is 5.25. The molecule has 0 aliphatic heterocycles. The minimum atomic E-state index is -3.59. The molecule has 0 bridgehead atoms. The Bertz CT molecular complexity index is 921. The fourth-order valence-corrected chi connectivity index (χ4v) is 2.68. The molecule has 0 heterocycles. The number of halogens is 2. The number of anilines is 1. The van der Waals surface area contributed by atoms with E-state index in [1.165, 1.54) is 37.3 Å². The van der Waals surface area contributed by atoms with E-state index in [0.29, 0.717) is 5.56 Å². The second kappa shape index (κ2) is 6.92. The highest BCUT2D eigenvalue weighted by Gasteiger charge is 2.14. The molecule has 0 unspecified atom stereocenters. The third-order valence-electron chi connectivity index (χ3n) is 3.07. The van der Waals surface area contributed by atoms with Crippen molar-refractivity contribution in [1.82, 2.24) is 0 Å². The first kappa shape index (κ1) is 17.8. The first-order valence-corrected chi connectivity index (χ1v) is 8.81. The molecule has 2 aromatic rings. The molecule has 0 fully saturated rings. The lowest BCUT2D eigenvalue weighted by atomic mass is 10.00. The summed E-state index contributed by atoms with van der Waals surface area (Å²) >= 11 is 0. The van der Waals surface area contributed by atoms with Crippen molar-refractivity contribution < 1.29 is 22.0 Å². The maximum absolute atomic E-state index is 14.1. The van der Waals surface area contributed by atoms with Crippen LogP contribution in [0, 0.1) is 11.6 Å². The van der Waals surface area contributed by atoms with Crippen LogP contribution in [0.4, 0.5) is 14.5 Å². The van der Waals surface area contributed by atoms with Gasteiger partial charge < -0.3 is 0 Å². The Labute approximate surface area is 138 Å². The van der Waals surface area contributed by atoms with Gasteiger partial charge in [0.15, 0.2) is 5.78 Å². The highest BCUT2D eigenvalue weighted by molar-refractivity contribution is 7.92. The number of sulfonamides is 1. The molecule has 7 heteroatoms. The second-order valence-corrected chi connectivity index (χ2v) is 7.00. The molecule has 2 aromatic carbocycles. The lowest BCUT2D eigenvalue weighted by Gasteiger charge is -2.13. The van der Waals surface area contributed by atoms with Crippen molar-refractivity contribution in [2.45, 2.75) is 6.92 Å². The molecular weight excluding hydrogens is 336 g/mol. The van der Waals surface area contributed by atoms with Gasteiger partial charge in [0.05, 0.1) is 11.9 Å². The van der Waals surface area contributed by atoms with Crippen molar-refractivity contribution in [2.75, 3.05) is 11.0 Å². The van der Waals surface area contributed by atoms with Gasteiger partial charge >= 0.3 is 0 Å². The van der Waals surface area contributed by atoms with Crippen LogP contribution in [-0.2, 0) is 14.8 Å². The van der Waals surface area contributed by atoms with Crippen molar-refractivity contribution >= 4 is 27.6 Å². The van der Waals surface area contributed by atoms with Crippen LogP contribution in [0.15, 0.2) is 42.5 Å². The van der Waals surface area contributed by atoms with Gasteiger partial charge in [0.2, 0.25) is 10.0 Å². The van der Waals surface area contributed by atoms with Crippen molar-refractivity contribution in [1.29, 1.82) is 0 Å². The number of hydrogen-bond donors (Lipinski definition) is 1. The molecule has 24 heavy (non-hydrogen) atoms. The molecule has 0 aliphatic carbocycles. The van der Waals surface area contributed by atoms with Crippen molar-refractivity contribution in [3.8, 4) is 11.1 Å². The average molecular weight is 351 g/mol. The third kappa shape index (κ3) is 4.73. The standard InChI is InChI=1S/C17H15F2NO3S/c1-11(21)3-4-12-5-8-17(20-24(2,22)23)15(9-12)14-7-6-13(18)10-16(14)19/h3-10,20H,1-2H3/b4-3-. The highest BCUT2D eigenvalue weighted by atomic mass is 32.2. The summed E-state index contributed by atoms with van der Waals surface area (Å²) in [6.45, 7) is 1.39. The van der Waals surface area contributed by atoms with Crippen LogP contribution in [0.1, 0.15) is 12.5 Å². The van der Waals surface area contributed by atoms with Crippen LogP contribution in [0.2, 0.25) is 0 Å². The van der Waals surface area contributed by atoms with Crippen LogP contribution in [0.3, 0.4) is 0 Å². The number of carbonyl (C=O) groups excluding carboxylic acids is 1. The summed E-state index contributed by atoms with van der Waals surface area (Å²) < 4.78 is 52.5. The Morgan fingerprint density at radius 3 is 2.38 bits per heavy atom. The van der Waals surface area contributed by atoms with Crippen LogP contribution in [-0.4, -0.2) is 20.5 Å². The smallest absolute Gasteiger partial charge is 0.229 e. The largest absolute Gasteiger partial charge is 0.295 e. The number of hydrogen-bond acceptors (Lipinski definition) is 3. The zero-order valence-electron chi connectivity index (χ0n) is 13.0. The van der Waals surface area contributed by atoms with E-state index in [2.05, 4.69) is 4.72 Å². The first-order valence-electron chi connectivity index (χ1n) is 6.91. The lowest BCUT2D eigenvalue weighted by molar-refractivity contribution is -0.112. The third-order valence-corrected chi connectivity index (χ3v) is 3.66. The Hall–Kier alpha value is -2.54. The fourth-order valence-electron chi connectivity index (χ4n) is 2.10. The molecule has 126 valence electrons. The number of benzene rings is 2. The van der Waals surface area contributed by atoms with Gasteiger partial charge in [-0.15, -0.1) is 0 Å². The quantitative estimate of drug-likeness (QED) is 0.837. The van der Waals surface area contributed by atoms with E-state index in [-0.39, 0.29) is 22.6 Å². The average Bonchev–Trinajstić information content (AvgIpc) is 2.45. The predicted molar refractivity (Wildman–Crippen MR) is 90.0 cm³/mol. The van der Waals surface area contributed by atoms with Gasteiger partial charge in [-0.2, -0.15) is 0 Å². The van der Waals surface area contributed by atoms with Crippen molar-refractivity contribution in [2.24, 2.45) is 0 Å². The summed E-state index contributed by atoms with van der Waals surface area (Å²) in [7, 11) is -3.59. The molecular formula is C17H15F2NO3S. The molecule has 0 spiro atoms. The molecule has 0 saturated carbocycles. The number of carbonyl (C=O) groups is 1. The number of nitrogens with one attached hydrogen (secondary N) is 1.